The number of morpholine rings is 1. The van der Waals surface area contributed by atoms with Crippen LogP contribution in [0.5, 0.6) is 0 Å². The van der Waals surface area contributed by atoms with Gasteiger partial charge in [-0.1, -0.05) is 17.7 Å². The highest BCUT2D eigenvalue weighted by Crippen LogP contribution is 2.27. The molecule has 1 aromatic carbocycles. The fourth-order valence-electron chi connectivity index (χ4n) is 2.88. The van der Waals surface area contributed by atoms with Crippen LogP contribution in [0.2, 0.25) is 5.02 Å². The van der Waals surface area contributed by atoms with Gasteiger partial charge in [0.2, 0.25) is 0 Å². The van der Waals surface area contributed by atoms with E-state index in [1.54, 1.807) is 0 Å². The number of rotatable bonds is 3. The van der Waals surface area contributed by atoms with Crippen molar-refractivity contribution >= 4 is 17.3 Å². The summed E-state index contributed by atoms with van der Waals surface area (Å²) < 4.78 is 5.45. The van der Waals surface area contributed by atoms with Crippen molar-refractivity contribution in [3.63, 3.8) is 0 Å². The molecule has 0 amide bonds. The van der Waals surface area contributed by atoms with E-state index in [4.69, 9.17) is 16.3 Å². The number of ether oxygens (including phenoxy) is 1. The molecular formula is C15H22ClN3O. The predicted molar refractivity (Wildman–Crippen MR) is 82.6 cm³/mol. The zero-order valence-corrected chi connectivity index (χ0v) is 12.5. The third-order valence-electron chi connectivity index (χ3n) is 4.00. The molecule has 0 radical (unpaired) electrons. The van der Waals surface area contributed by atoms with Crippen LogP contribution in [0.1, 0.15) is 5.56 Å². The van der Waals surface area contributed by atoms with Gasteiger partial charge in [0.05, 0.1) is 13.2 Å². The van der Waals surface area contributed by atoms with Crippen LogP contribution in [-0.4, -0.2) is 57.4 Å². The van der Waals surface area contributed by atoms with E-state index in [0.717, 1.165) is 64.0 Å². The van der Waals surface area contributed by atoms with Crippen molar-refractivity contribution in [2.75, 3.05) is 57.4 Å². The summed E-state index contributed by atoms with van der Waals surface area (Å²) in [7, 11) is 0. The maximum Gasteiger partial charge on any atom is 0.0642 e. The summed E-state index contributed by atoms with van der Waals surface area (Å²) in [5, 5.41) is 4.21. The molecule has 0 unspecified atom stereocenters. The van der Waals surface area contributed by atoms with Crippen LogP contribution in [0, 0.1) is 0 Å². The van der Waals surface area contributed by atoms with Gasteiger partial charge < -0.3 is 15.0 Å². The maximum absolute atomic E-state index is 6.20. The first-order valence-corrected chi connectivity index (χ1v) is 7.75. The zero-order valence-electron chi connectivity index (χ0n) is 11.8. The van der Waals surface area contributed by atoms with E-state index < -0.39 is 0 Å². The molecule has 2 fully saturated rings. The third-order valence-corrected chi connectivity index (χ3v) is 4.24. The van der Waals surface area contributed by atoms with Crippen LogP contribution in [0.3, 0.4) is 0 Å². The highest BCUT2D eigenvalue weighted by molar-refractivity contribution is 6.30. The van der Waals surface area contributed by atoms with Crippen LogP contribution < -0.4 is 10.2 Å². The zero-order chi connectivity index (χ0) is 13.8. The number of benzene rings is 1. The van der Waals surface area contributed by atoms with Crippen molar-refractivity contribution in [1.82, 2.24) is 10.2 Å². The third kappa shape index (κ3) is 3.44. The van der Waals surface area contributed by atoms with E-state index >= 15 is 0 Å². The largest absolute Gasteiger partial charge is 0.378 e. The lowest BCUT2D eigenvalue weighted by Crippen LogP contribution is -2.43. The van der Waals surface area contributed by atoms with Gasteiger partial charge in [0.15, 0.2) is 0 Å². The molecule has 0 bridgehead atoms. The molecule has 110 valence electrons. The number of hydrogen-bond acceptors (Lipinski definition) is 4. The minimum Gasteiger partial charge on any atom is -0.378 e. The second-order valence-electron chi connectivity index (χ2n) is 5.40. The lowest BCUT2D eigenvalue weighted by atomic mass is 10.1. The number of halogens is 1. The summed E-state index contributed by atoms with van der Waals surface area (Å²) in [6.07, 6.45) is 0. The molecule has 20 heavy (non-hydrogen) atoms. The van der Waals surface area contributed by atoms with Crippen molar-refractivity contribution in [1.29, 1.82) is 0 Å². The Hall–Kier alpha value is -0.810. The van der Waals surface area contributed by atoms with E-state index in [1.165, 1.54) is 11.3 Å². The van der Waals surface area contributed by atoms with Crippen molar-refractivity contribution in [3.8, 4) is 0 Å². The Morgan fingerprint density at radius 3 is 2.60 bits per heavy atom. The topological polar surface area (TPSA) is 27.7 Å². The minimum atomic E-state index is 0.805. The Labute approximate surface area is 125 Å². The van der Waals surface area contributed by atoms with Crippen LogP contribution in [0.25, 0.3) is 0 Å². The van der Waals surface area contributed by atoms with Gasteiger partial charge >= 0.3 is 0 Å². The Morgan fingerprint density at radius 1 is 1.10 bits per heavy atom. The molecule has 0 spiro atoms. The first kappa shape index (κ1) is 14.1. The summed E-state index contributed by atoms with van der Waals surface area (Å²) in [5.74, 6) is 0. The molecule has 2 aliphatic rings. The van der Waals surface area contributed by atoms with Gasteiger partial charge in [-0.05, 0) is 17.7 Å². The molecule has 0 atom stereocenters. The number of nitrogens with zero attached hydrogens (tertiary/aromatic N) is 2. The standard InChI is InChI=1S/C15H22ClN3O/c16-14-2-1-13(12-18-5-3-17-4-6-18)15(11-14)19-7-9-20-10-8-19/h1-2,11,17H,3-10,12H2. The lowest BCUT2D eigenvalue weighted by Gasteiger charge is -2.33. The van der Waals surface area contributed by atoms with Gasteiger partial charge in [0.25, 0.3) is 0 Å². The summed E-state index contributed by atoms with van der Waals surface area (Å²) in [5.41, 5.74) is 2.65. The highest BCUT2D eigenvalue weighted by Gasteiger charge is 2.17. The number of hydrogen-bond donors (Lipinski definition) is 1. The molecule has 3 rings (SSSR count). The van der Waals surface area contributed by atoms with Gasteiger partial charge in [-0.15, -0.1) is 0 Å². The quantitative estimate of drug-likeness (QED) is 0.916. The SMILES string of the molecule is Clc1ccc(CN2CCNCC2)c(N2CCOCC2)c1. The highest BCUT2D eigenvalue weighted by atomic mass is 35.5. The van der Waals surface area contributed by atoms with E-state index in [9.17, 15) is 0 Å². The lowest BCUT2D eigenvalue weighted by molar-refractivity contribution is 0.122. The van der Waals surface area contributed by atoms with E-state index in [1.807, 2.05) is 6.07 Å². The average molecular weight is 296 g/mol. The molecule has 4 nitrogen and oxygen atoms in total. The molecule has 1 N–H and O–H groups in total. The smallest absolute Gasteiger partial charge is 0.0642 e. The van der Waals surface area contributed by atoms with Crippen LogP contribution in [-0.2, 0) is 11.3 Å². The van der Waals surface area contributed by atoms with Gasteiger partial charge in [-0.2, -0.15) is 0 Å². The molecular weight excluding hydrogens is 274 g/mol. The van der Waals surface area contributed by atoms with Crippen LogP contribution in [0.4, 0.5) is 5.69 Å². The summed E-state index contributed by atoms with van der Waals surface area (Å²) in [6.45, 7) is 8.92. The molecule has 2 aliphatic heterocycles. The minimum absolute atomic E-state index is 0.805. The van der Waals surface area contributed by atoms with E-state index in [-0.39, 0.29) is 0 Å². The molecule has 0 aliphatic carbocycles. The molecule has 2 heterocycles. The normalized spacial score (nSPS) is 21.1. The predicted octanol–water partition coefficient (Wildman–Crippen LogP) is 1.58. The number of piperazine rings is 1. The summed E-state index contributed by atoms with van der Waals surface area (Å²) in [4.78, 5) is 4.90. The second kappa shape index (κ2) is 6.76. The summed E-state index contributed by atoms with van der Waals surface area (Å²) >= 11 is 6.20. The summed E-state index contributed by atoms with van der Waals surface area (Å²) in [6, 6.07) is 6.28. The van der Waals surface area contributed by atoms with Gasteiger partial charge in [-0.3, -0.25) is 4.90 Å². The Kier molecular flexibility index (Phi) is 4.78. The molecule has 5 heteroatoms. The van der Waals surface area contributed by atoms with Crippen molar-refractivity contribution in [3.05, 3.63) is 28.8 Å². The van der Waals surface area contributed by atoms with Gasteiger partial charge in [-0.25, -0.2) is 0 Å². The van der Waals surface area contributed by atoms with Crippen molar-refractivity contribution in [2.45, 2.75) is 6.54 Å². The van der Waals surface area contributed by atoms with Crippen molar-refractivity contribution in [2.24, 2.45) is 0 Å². The van der Waals surface area contributed by atoms with Gasteiger partial charge in [0.1, 0.15) is 0 Å². The number of anilines is 1. The van der Waals surface area contributed by atoms with E-state index in [2.05, 4.69) is 27.2 Å². The monoisotopic (exact) mass is 295 g/mol. The second-order valence-corrected chi connectivity index (χ2v) is 5.84. The Bertz CT molecular complexity index is 443. The average Bonchev–Trinajstić information content (AvgIpc) is 2.51. The first-order chi connectivity index (χ1) is 9.83. The Balaban J connectivity index is 1.77. The van der Waals surface area contributed by atoms with Crippen molar-refractivity contribution < 1.29 is 4.74 Å². The first-order valence-electron chi connectivity index (χ1n) is 7.37. The molecule has 0 aromatic heterocycles. The van der Waals surface area contributed by atoms with E-state index in [0.29, 0.717) is 0 Å². The number of nitrogens with one attached hydrogen (secondary N) is 1. The molecule has 1 aromatic rings. The maximum atomic E-state index is 6.20. The molecule has 2 saturated heterocycles. The fourth-order valence-corrected chi connectivity index (χ4v) is 3.05. The van der Waals surface area contributed by atoms with Crippen LogP contribution in [0.15, 0.2) is 18.2 Å². The fraction of sp³-hybridized carbons (Fsp3) is 0.600. The van der Waals surface area contributed by atoms with Crippen LogP contribution >= 0.6 is 11.6 Å². The molecule has 0 saturated carbocycles. The Morgan fingerprint density at radius 2 is 1.85 bits per heavy atom. The van der Waals surface area contributed by atoms with Gasteiger partial charge in [0, 0.05) is 56.5 Å².